The van der Waals surface area contributed by atoms with Gasteiger partial charge in [-0.15, -0.1) is 0 Å². The Bertz CT molecular complexity index is 1050. The summed E-state index contributed by atoms with van der Waals surface area (Å²) in [5.41, 5.74) is 2.50. The number of amides is 1. The average molecular weight is 463 g/mol. The topological polar surface area (TPSA) is 42.0 Å². The van der Waals surface area contributed by atoms with Gasteiger partial charge in [0, 0.05) is 25.9 Å². The molecule has 0 bridgehead atoms. The third kappa shape index (κ3) is 6.50. The van der Waals surface area contributed by atoms with Gasteiger partial charge in [-0.05, 0) is 36.2 Å². The maximum atomic E-state index is 14.3. The number of piperidine rings is 1. The molecule has 0 saturated carbocycles. The maximum Gasteiger partial charge on any atom is 0.247 e. The van der Waals surface area contributed by atoms with Gasteiger partial charge < -0.3 is 4.74 Å². The Balaban J connectivity index is 1.43. The van der Waals surface area contributed by atoms with Crippen LogP contribution in [-0.4, -0.2) is 36.6 Å². The number of carbonyl (C=O) groups excluding carboxylic acids is 1. The van der Waals surface area contributed by atoms with Crippen molar-refractivity contribution in [3.63, 3.8) is 0 Å². The molecule has 4 rings (SSSR count). The molecular weight excluding hydrogens is 431 g/mol. The number of carbonyl (C=O) groups is 1. The quantitative estimate of drug-likeness (QED) is 0.409. The van der Waals surface area contributed by atoms with Gasteiger partial charge >= 0.3 is 0 Å². The Labute approximate surface area is 200 Å². The van der Waals surface area contributed by atoms with Crippen LogP contribution in [0.25, 0.3) is 0 Å². The van der Waals surface area contributed by atoms with Gasteiger partial charge in [-0.25, -0.2) is 4.39 Å². The fourth-order valence-electron chi connectivity index (χ4n) is 4.29. The fourth-order valence-corrected chi connectivity index (χ4v) is 4.29. The Morgan fingerprint density at radius 3 is 2.29 bits per heavy atom. The van der Waals surface area contributed by atoms with Crippen LogP contribution in [0.1, 0.15) is 24.5 Å². The number of ether oxygens (including phenoxy) is 1. The number of para-hydroxylation sites is 1. The van der Waals surface area contributed by atoms with Crippen LogP contribution in [-0.2, 0) is 27.5 Å². The molecule has 2 atom stereocenters. The van der Waals surface area contributed by atoms with Gasteiger partial charge in [0.1, 0.15) is 11.5 Å². The van der Waals surface area contributed by atoms with Crippen molar-refractivity contribution in [2.75, 3.05) is 24.8 Å². The first-order valence-electron chi connectivity index (χ1n) is 11.7. The van der Waals surface area contributed by atoms with Crippen LogP contribution in [0.4, 0.5) is 10.1 Å². The number of hydrogen-bond donors (Lipinski definition) is 0. The van der Waals surface area contributed by atoms with Crippen molar-refractivity contribution in [1.29, 1.82) is 0 Å². The molecule has 1 aliphatic rings. The molecule has 178 valence electrons. The molecule has 0 N–H and O–H groups in total. The number of benzene rings is 3. The highest BCUT2D eigenvalue weighted by atomic mass is 19.1. The minimum absolute atomic E-state index is 0.0735. The lowest BCUT2D eigenvalue weighted by molar-refractivity contribution is -0.127. The molecule has 5 nitrogen and oxygen atoms in total. The zero-order chi connectivity index (χ0) is 23.8. The van der Waals surface area contributed by atoms with Gasteiger partial charge in [-0.2, -0.15) is 5.06 Å². The van der Waals surface area contributed by atoms with Crippen LogP contribution < -0.4 is 5.06 Å². The molecule has 0 aromatic heterocycles. The SMILES string of the molecule is CC(=O)N(OCC1CCN(Cc2ccccc2)CC1OCc1ccccc1)c1ccccc1F. The van der Waals surface area contributed by atoms with Crippen LogP contribution in [0.15, 0.2) is 84.9 Å². The first-order chi connectivity index (χ1) is 16.6. The van der Waals surface area contributed by atoms with Gasteiger partial charge in [0.25, 0.3) is 0 Å². The Morgan fingerprint density at radius 1 is 0.971 bits per heavy atom. The van der Waals surface area contributed by atoms with Crippen molar-refractivity contribution < 1.29 is 18.8 Å². The van der Waals surface area contributed by atoms with Gasteiger partial charge in [-0.3, -0.25) is 14.5 Å². The fraction of sp³-hybridized carbons (Fsp3) is 0.321. The summed E-state index contributed by atoms with van der Waals surface area (Å²) in [5, 5.41) is 1.06. The summed E-state index contributed by atoms with van der Waals surface area (Å²) in [5.74, 6) is -0.787. The number of halogens is 1. The average Bonchev–Trinajstić information content (AvgIpc) is 2.86. The molecule has 34 heavy (non-hydrogen) atoms. The van der Waals surface area contributed by atoms with Crippen LogP contribution in [0.5, 0.6) is 0 Å². The molecule has 1 fully saturated rings. The second-order valence-electron chi connectivity index (χ2n) is 8.67. The molecular formula is C28H31FN2O3. The standard InChI is InChI=1S/C28H31FN2O3/c1-22(32)31(27-15-9-8-14-26(27)29)34-21-25-16-17-30(18-23-10-4-2-5-11-23)19-28(25)33-20-24-12-6-3-7-13-24/h2-15,25,28H,16-21H2,1H3. The molecule has 6 heteroatoms. The minimum atomic E-state index is -0.493. The molecule has 0 radical (unpaired) electrons. The number of hydroxylamine groups is 1. The molecule has 3 aromatic rings. The van der Waals surface area contributed by atoms with Crippen molar-refractivity contribution in [3.8, 4) is 0 Å². The minimum Gasteiger partial charge on any atom is -0.372 e. The molecule has 1 amide bonds. The monoisotopic (exact) mass is 462 g/mol. The van der Waals surface area contributed by atoms with Crippen molar-refractivity contribution in [2.24, 2.45) is 5.92 Å². The highest BCUT2D eigenvalue weighted by molar-refractivity contribution is 5.89. The van der Waals surface area contributed by atoms with E-state index in [9.17, 15) is 9.18 Å². The lowest BCUT2D eigenvalue weighted by Gasteiger charge is -2.39. The maximum absolute atomic E-state index is 14.3. The van der Waals surface area contributed by atoms with Crippen molar-refractivity contribution in [2.45, 2.75) is 32.6 Å². The highest BCUT2D eigenvalue weighted by Gasteiger charge is 2.31. The van der Waals surface area contributed by atoms with E-state index in [1.165, 1.54) is 18.6 Å². The predicted molar refractivity (Wildman–Crippen MR) is 130 cm³/mol. The lowest BCUT2D eigenvalue weighted by Crippen LogP contribution is -2.47. The van der Waals surface area contributed by atoms with Gasteiger partial charge in [0.05, 0.1) is 19.3 Å². The second-order valence-corrected chi connectivity index (χ2v) is 8.67. The second kappa shape index (κ2) is 11.9. The molecule has 1 heterocycles. The van der Waals surface area contributed by atoms with E-state index in [4.69, 9.17) is 9.57 Å². The number of nitrogens with zero attached hydrogens (tertiary/aromatic N) is 2. The van der Waals surface area contributed by atoms with Crippen LogP contribution >= 0.6 is 0 Å². The molecule has 0 aliphatic carbocycles. The van der Waals surface area contributed by atoms with Gasteiger partial charge in [0.15, 0.2) is 0 Å². The number of anilines is 1. The Morgan fingerprint density at radius 2 is 1.62 bits per heavy atom. The van der Waals surface area contributed by atoms with Crippen LogP contribution in [0.3, 0.4) is 0 Å². The van der Waals surface area contributed by atoms with E-state index in [1.54, 1.807) is 18.2 Å². The lowest BCUT2D eigenvalue weighted by atomic mass is 9.94. The van der Waals surface area contributed by atoms with E-state index >= 15 is 0 Å². The predicted octanol–water partition coefficient (Wildman–Crippen LogP) is 5.22. The first kappa shape index (κ1) is 24.1. The Kier molecular flexibility index (Phi) is 8.41. The summed E-state index contributed by atoms with van der Waals surface area (Å²) in [7, 11) is 0. The summed E-state index contributed by atoms with van der Waals surface area (Å²) in [6, 6.07) is 26.6. The zero-order valence-corrected chi connectivity index (χ0v) is 19.5. The van der Waals surface area contributed by atoms with Gasteiger partial charge in [0.2, 0.25) is 5.91 Å². The number of hydrogen-bond acceptors (Lipinski definition) is 4. The normalized spacial score (nSPS) is 18.5. The first-order valence-corrected chi connectivity index (χ1v) is 11.7. The zero-order valence-electron chi connectivity index (χ0n) is 19.5. The van der Waals surface area contributed by atoms with Crippen molar-refractivity contribution in [3.05, 3.63) is 102 Å². The van der Waals surface area contributed by atoms with E-state index in [0.29, 0.717) is 6.61 Å². The summed E-state index contributed by atoms with van der Waals surface area (Å²) in [6.07, 6.45) is 0.780. The molecule has 1 saturated heterocycles. The van der Waals surface area contributed by atoms with E-state index in [0.717, 1.165) is 36.7 Å². The molecule has 0 spiro atoms. The van der Waals surface area contributed by atoms with Crippen molar-refractivity contribution >= 4 is 11.6 Å². The summed E-state index contributed by atoms with van der Waals surface area (Å²) in [6.45, 7) is 4.66. The summed E-state index contributed by atoms with van der Waals surface area (Å²) in [4.78, 5) is 20.5. The van der Waals surface area contributed by atoms with Crippen LogP contribution in [0, 0.1) is 11.7 Å². The number of likely N-dealkylation sites (tertiary alicyclic amines) is 1. The third-order valence-electron chi connectivity index (χ3n) is 6.11. The highest BCUT2D eigenvalue weighted by Crippen LogP contribution is 2.26. The summed E-state index contributed by atoms with van der Waals surface area (Å²) < 4.78 is 20.7. The third-order valence-corrected chi connectivity index (χ3v) is 6.11. The van der Waals surface area contributed by atoms with E-state index in [1.807, 2.05) is 36.4 Å². The van der Waals surface area contributed by atoms with Gasteiger partial charge in [-0.1, -0.05) is 72.8 Å². The smallest absolute Gasteiger partial charge is 0.247 e. The number of rotatable bonds is 9. The summed E-state index contributed by atoms with van der Waals surface area (Å²) >= 11 is 0. The molecule has 1 aliphatic heterocycles. The van der Waals surface area contributed by atoms with E-state index < -0.39 is 5.82 Å². The van der Waals surface area contributed by atoms with Crippen LogP contribution in [0.2, 0.25) is 0 Å². The molecule has 2 unspecified atom stereocenters. The van der Waals surface area contributed by atoms with E-state index in [2.05, 4.69) is 29.2 Å². The van der Waals surface area contributed by atoms with Crippen molar-refractivity contribution in [1.82, 2.24) is 4.90 Å². The van der Waals surface area contributed by atoms with E-state index in [-0.39, 0.29) is 30.2 Å². The largest absolute Gasteiger partial charge is 0.372 e. The Hall–Kier alpha value is -3.06. The molecule has 3 aromatic carbocycles.